The van der Waals surface area contributed by atoms with E-state index in [0.29, 0.717) is 17.5 Å². The molecule has 0 bridgehead atoms. The highest BCUT2D eigenvalue weighted by Gasteiger charge is 2.33. The second kappa shape index (κ2) is 4.50. The van der Waals surface area contributed by atoms with Gasteiger partial charge in [-0.15, -0.1) is 0 Å². The van der Waals surface area contributed by atoms with E-state index in [-0.39, 0.29) is 11.5 Å². The molecule has 0 aliphatic rings. The zero-order valence-electron chi connectivity index (χ0n) is 9.35. The first kappa shape index (κ1) is 13.1. The lowest BCUT2D eigenvalue weighted by Gasteiger charge is -2.12. The van der Waals surface area contributed by atoms with Gasteiger partial charge in [0.2, 0.25) is 5.78 Å². The largest absolute Gasteiger partial charge is 0.307 e. The van der Waals surface area contributed by atoms with E-state index in [1.807, 2.05) is 13.8 Å². The minimum absolute atomic E-state index is 0.000556. The number of rotatable bonds is 3. The fourth-order valence-corrected chi connectivity index (χ4v) is 1.72. The van der Waals surface area contributed by atoms with Crippen LogP contribution in [0, 0.1) is 0 Å². The molecule has 1 aromatic rings. The second-order valence-electron chi connectivity index (χ2n) is 4.11. The van der Waals surface area contributed by atoms with E-state index < -0.39 is 11.7 Å². The van der Waals surface area contributed by atoms with Crippen LogP contribution >= 0.6 is 11.6 Å². The number of carbonyl (C=O) groups excluding carboxylic acids is 1. The molecule has 0 radical (unpaired) electrons. The third kappa shape index (κ3) is 2.79. The van der Waals surface area contributed by atoms with Gasteiger partial charge in [0, 0.05) is 17.5 Å². The maximum atomic E-state index is 12.9. The molecular weight excluding hydrogens is 234 g/mol. The topological polar surface area (TPSA) is 17.1 Å². The number of alkyl halides is 2. The minimum Gasteiger partial charge on any atom is -0.287 e. The van der Waals surface area contributed by atoms with Gasteiger partial charge in [0.1, 0.15) is 0 Å². The second-order valence-corrected chi connectivity index (χ2v) is 4.52. The highest BCUT2D eigenvalue weighted by Crippen LogP contribution is 2.27. The van der Waals surface area contributed by atoms with Crippen LogP contribution in [0.1, 0.15) is 42.6 Å². The Morgan fingerprint density at radius 3 is 2.38 bits per heavy atom. The van der Waals surface area contributed by atoms with E-state index in [2.05, 4.69) is 0 Å². The summed E-state index contributed by atoms with van der Waals surface area (Å²) in [5.74, 6) is -4.43. The molecular formula is C12H13ClF2O. The predicted molar refractivity (Wildman–Crippen MR) is 60.5 cm³/mol. The van der Waals surface area contributed by atoms with Crippen LogP contribution in [0.3, 0.4) is 0 Å². The molecule has 0 unspecified atom stereocenters. The molecule has 0 spiro atoms. The van der Waals surface area contributed by atoms with E-state index in [9.17, 15) is 13.6 Å². The van der Waals surface area contributed by atoms with Crippen LogP contribution in [0.4, 0.5) is 8.78 Å². The maximum absolute atomic E-state index is 12.9. The normalized spacial score (nSPS) is 11.9. The van der Waals surface area contributed by atoms with Crippen LogP contribution in [-0.2, 0) is 0 Å². The van der Waals surface area contributed by atoms with E-state index in [0.717, 1.165) is 0 Å². The zero-order chi connectivity index (χ0) is 12.5. The molecule has 4 heteroatoms. The Bertz CT molecular complexity index is 408. The summed E-state index contributed by atoms with van der Waals surface area (Å²) >= 11 is 5.91. The molecule has 0 aliphatic heterocycles. The number of halogens is 3. The first-order valence-electron chi connectivity index (χ1n) is 4.95. The van der Waals surface area contributed by atoms with Gasteiger partial charge in [-0.25, -0.2) is 0 Å². The number of ketones is 1. The molecule has 0 heterocycles. The lowest BCUT2D eigenvalue weighted by atomic mass is 9.97. The van der Waals surface area contributed by atoms with E-state index in [4.69, 9.17) is 11.6 Å². The molecule has 0 amide bonds. The molecule has 0 aromatic heterocycles. The van der Waals surface area contributed by atoms with Crippen LogP contribution in [0.2, 0.25) is 5.02 Å². The van der Waals surface area contributed by atoms with Crippen molar-refractivity contribution in [1.82, 2.24) is 0 Å². The van der Waals surface area contributed by atoms with Crippen molar-refractivity contribution < 1.29 is 13.6 Å². The Morgan fingerprint density at radius 2 is 1.94 bits per heavy atom. The highest BCUT2D eigenvalue weighted by molar-refractivity contribution is 6.31. The molecule has 1 nitrogen and oxygen atoms in total. The first-order valence-corrected chi connectivity index (χ1v) is 5.33. The minimum atomic E-state index is -3.35. The van der Waals surface area contributed by atoms with Crippen LogP contribution in [0.25, 0.3) is 0 Å². The van der Waals surface area contributed by atoms with Gasteiger partial charge in [-0.3, -0.25) is 4.79 Å². The van der Waals surface area contributed by atoms with E-state index in [1.165, 1.54) is 18.2 Å². The number of Topliss-reactive ketones (excluding diaryl/α,β-unsaturated/α-hetero) is 1. The van der Waals surface area contributed by atoms with Gasteiger partial charge in [0.15, 0.2) is 0 Å². The smallest absolute Gasteiger partial charge is 0.287 e. The van der Waals surface area contributed by atoms with Gasteiger partial charge in [0.25, 0.3) is 0 Å². The summed E-state index contributed by atoms with van der Waals surface area (Å²) in [5, 5.41) is 0.492. The third-order valence-corrected chi connectivity index (χ3v) is 2.62. The molecule has 0 saturated carbocycles. The molecule has 0 fully saturated rings. The Labute approximate surface area is 98.4 Å². The molecule has 0 aliphatic carbocycles. The van der Waals surface area contributed by atoms with Gasteiger partial charge in [0.05, 0.1) is 0 Å². The Morgan fingerprint density at radius 1 is 1.38 bits per heavy atom. The van der Waals surface area contributed by atoms with Crippen molar-refractivity contribution in [3.8, 4) is 0 Å². The summed E-state index contributed by atoms with van der Waals surface area (Å²) in [7, 11) is 0. The molecule has 0 N–H and O–H groups in total. The van der Waals surface area contributed by atoms with Crippen LogP contribution in [0.5, 0.6) is 0 Å². The molecule has 0 atom stereocenters. The Kier molecular flexibility index (Phi) is 3.68. The predicted octanol–water partition coefficient (Wildman–Crippen LogP) is 4.30. The van der Waals surface area contributed by atoms with E-state index in [1.54, 1.807) is 0 Å². The van der Waals surface area contributed by atoms with Gasteiger partial charge in [-0.2, -0.15) is 8.78 Å². The summed E-state index contributed by atoms with van der Waals surface area (Å²) in [6.45, 7) is 4.37. The average molecular weight is 247 g/mol. The Balaban J connectivity index is 3.18. The average Bonchev–Trinajstić information content (AvgIpc) is 2.15. The zero-order valence-corrected chi connectivity index (χ0v) is 10.1. The summed E-state index contributed by atoms with van der Waals surface area (Å²) in [4.78, 5) is 11.4. The molecule has 88 valence electrons. The van der Waals surface area contributed by atoms with Crippen molar-refractivity contribution in [2.24, 2.45) is 0 Å². The number of benzene rings is 1. The number of hydrogen-bond donors (Lipinski definition) is 0. The fourth-order valence-electron chi connectivity index (χ4n) is 1.38. The van der Waals surface area contributed by atoms with Crippen molar-refractivity contribution in [2.45, 2.75) is 32.6 Å². The SMILES string of the molecule is CC(C)c1cc(C(=O)C(C)(F)F)ccc1Cl. The highest BCUT2D eigenvalue weighted by atomic mass is 35.5. The van der Waals surface area contributed by atoms with E-state index >= 15 is 0 Å². The lowest BCUT2D eigenvalue weighted by molar-refractivity contribution is 0.0221. The molecule has 16 heavy (non-hydrogen) atoms. The summed E-state index contributed by atoms with van der Waals surface area (Å²) in [6, 6.07) is 4.25. The molecule has 1 aromatic carbocycles. The van der Waals surface area contributed by atoms with Gasteiger partial charge in [-0.05, 0) is 29.7 Å². The van der Waals surface area contributed by atoms with Crippen LogP contribution < -0.4 is 0 Å². The van der Waals surface area contributed by atoms with Crippen LogP contribution in [0.15, 0.2) is 18.2 Å². The number of carbonyl (C=O) groups is 1. The molecule has 1 rings (SSSR count). The first-order chi connectivity index (χ1) is 7.23. The fraction of sp³-hybridized carbons (Fsp3) is 0.417. The van der Waals surface area contributed by atoms with Crippen molar-refractivity contribution in [3.63, 3.8) is 0 Å². The summed E-state index contributed by atoms with van der Waals surface area (Å²) in [5.41, 5.74) is 0.706. The van der Waals surface area contributed by atoms with Crippen LogP contribution in [-0.4, -0.2) is 11.7 Å². The van der Waals surface area contributed by atoms with Crippen molar-refractivity contribution in [1.29, 1.82) is 0 Å². The van der Waals surface area contributed by atoms with Crippen molar-refractivity contribution in [2.75, 3.05) is 0 Å². The molecule has 0 saturated heterocycles. The third-order valence-electron chi connectivity index (χ3n) is 2.28. The lowest BCUT2D eigenvalue weighted by Crippen LogP contribution is -2.24. The van der Waals surface area contributed by atoms with Gasteiger partial charge >= 0.3 is 5.92 Å². The quantitative estimate of drug-likeness (QED) is 0.727. The van der Waals surface area contributed by atoms with Crippen molar-refractivity contribution in [3.05, 3.63) is 34.3 Å². The maximum Gasteiger partial charge on any atom is 0.307 e. The standard InChI is InChI=1S/C12H13ClF2O/c1-7(2)9-6-8(4-5-10(9)13)11(16)12(3,14)15/h4-7H,1-3H3. The Hall–Kier alpha value is -0.960. The summed E-state index contributed by atoms with van der Waals surface area (Å²) in [6.07, 6.45) is 0. The van der Waals surface area contributed by atoms with Crippen molar-refractivity contribution >= 4 is 17.4 Å². The van der Waals surface area contributed by atoms with Gasteiger partial charge < -0.3 is 0 Å². The monoisotopic (exact) mass is 246 g/mol. The summed E-state index contributed by atoms with van der Waals surface area (Å²) < 4.78 is 25.7. The van der Waals surface area contributed by atoms with Gasteiger partial charge in [-0.1, -0.05) is 25.4 Å². The number of hydrogen-bond acceptors (Lipinski definition) is 1.